The minimum atomic E-state index is 0.00613. The van der Waals surface area contributed by atoms with Crippen LogP contribution in [-0.2, 0) is 11.2 Å². The molecular formula is C19H30N2O2. The second kappa shape index (κ2) is 7.82. The van der Waals surface area contributed by atoms with Gasteiger partial charge in [-0.25, -0.2) is 0 Å². The second-order valence-corrected chi connectivity index (χ2v) is 7.19. The normalized spacial score (nSPS) is 20.3. The summed E-state index contributed by atoms with van der Waals surface area (Å²) in [5.41, 5.74) is 7.32. The van der Waals surface area contributed by atoms with E-state index in [9.17, 15) is 4.79 Å². The van der Waals surface area contributed by atoms with Crippen LogP contribution in [0.15, 0.2) is 24.3 Å². The van der Waals surface area contributed by atoms with E-state index < -0.39 is 0 Å². The molecule has 2 rings (SSSR count). The number of nitrogens with zero attached hydrogens (tertiary/aromatic N) is 1. The van der Waals surface area contributed by atoms with Gasteiger partial charge in [0.15, 0.2) is 0 Å². The van der Waals surface area contributed by atoms with Crippen molar-refractivity contribution < 1.29 is 9.53 Å². The van der Waals surface area contributed by atoms with E-state index >= 15 is 0 Å². The molecule has 1 aliphatic heterocycles. The highest BCUT2D eigenvalue weighted by atomic mass is 16.5. The summed E-state index contributed by atoms with van der Waals surface area (Å²) in [6.07, 6.45) is 3.23. The number of carbonyl (C=O) groups excluding carboxylic acids is 1. The quantitative estimate of drug-likeness (QED) is 0.877. The molecule has 128 valence electrons. The van der Waals surface area contributed by atoms with Gasteiger partial charge < -0.3 is 15.4 Å². The van der Waals surface area contributed by atoms with E-state index in [0.29, 0.717) is 6.42 Å². The molecular weight excluding hydrogens is 288 g/mol. The molecule has 23 heavy (non-hydrogen) atoms. The fraction of sp³-hybridized carbons (Fsp3) is 0.632. The van der Waals surface area contributed by atoms with Crippen molar-refractivity contribution in [3.05, 3.63) is 29.8 Å². The summed E-state index contributed by atoms with van der Waals surface area (Å²) in [5, 5.41) is 0. The average Bonchev–Trinajstić information content (AvgIpc) is 2.54. The number of hydrogen-bond donors (Lipinski definition) is 1. The average molecular weight is 318 g/mol. The standard InChI is InChI=1S/C19H30N2O2/c1-4-13-23-16-8-5-15(6-9-16)7-10-18(22)21-12-11-17(20)19(2,3)14-21/h5-6,8-9,17H,4,7,10-14,20H2,1-3H3. The first kappa shape index (κ1) is 17.8. The molecule has 0 aromatic heterocycles. The first-order chi connectivity index (χ1) is 10.9. The Bertz CT molecular complexity index is 511. The summed E-state index contributed by atoms with van der Waals surface area (Å²) in [7, 11) is 0. The van der Waals surface area contributed by atoms with Crippen molar-refractivity contribution in [3.63, 3.8) is 0 Å². The lowest BCUT2D eigenvalue weighted by Gasteiger charge is -2.42. The molecule has 1 unspecified atom stereocenters. The van der Waals surface area contributed by atoms with Gasteiger partial charge >= 0.3 is 0 Å². The fourth-order valence-electron chi connectivity index (χ4n) is 2.97. The molecule has 0 radical (unpaired) electrons. The summed E-state index contributed by atoms with van der Waals surface area (Å²) in [4.78, 5) is 14.4. The summed E-state index contributed by atoms with van der Waals surface area (Å²) < 4.78 is 5.58. The van der Waals surface area contributed by atoms with Gasteiger partial charge in [-0.15, -0.1) is 0 Å². The number of likely N-dealkylation sites (tertiary alicyclic amines) is 1. The first-order valence-corrected chi connectivity index (χ1v) is 8.67. The molecule has 1 amide bonds. The van der Waals surface area contributed by atoms with E-state index in [0.717, 1.165) is 44.7 Å². The molecule has 1 aliphatic rings. The van der Waals surface area contributed by atoms with Crippen LogP contribution in [0.25, 0.3) is 0 Å². The van der Waals surface area contributed by atoms with Crippen molar-refractivity contribution in [1.29, 1.82) is 0 Å². The Kier molecular flexibility index (Phi) is 6.05. The molecule has 0 saturated carbocycles. The highest BCUT2D eigenvalue weighted by molar-refractivity contribution is 5.76. The van der Waals surface area contributed by atoms with E-state index in [2.05, 4.69) is 20.8 Å². The minimum Gasteiger partial charge on any atom is -0.494 e. The van der Waals surface area contributed by atoms with Gasteiger partial charge in [0.1, 0.15) is 5.75 Å². The van der Waals surface area contributed by atoms with Crippen molar-refractivity contribution in [2.24, 2.45) is 11.1 Å². The second-order valence-electron chi connectivity index (χ2n) is 7.19. The van der Waals surface area contributed by atoms with Gasteiger partial charge in [-0.3, -0.25) is 4.79 Å². The monoisotopic (exact) mass is 318 g/mol. The van der Waals surface area contributed by atoms with Crippen molar-refractivity contribution in [2.75, 3.05) is 19.7 Å². The summed E-state index contributed by atoms with van der Waals surface area (Å²) >= 11 is 0. The van der Waals surface area contributed by atoms with Crippen molar-refractivity contribution >= 4 is 5.91 Å². The molecule has 2 N–H and O–H groups in total. The Hall–Kier alpha value is -1.55. The van der Waals surface area contributed by atoms with Crippen molar-refractivity contribution in [2.45, 2.75) is 52.5 Å². The third-order valence-electron chi connectivity index (χ3n) is 4.69. The van der Waals surface area contributed by atoms with Crippen LogP contribution in [0.2, 0.25) is 0 Å². The SMILES string of the molecule is CCCOc1ccc(CCC(=O)N2CCC(N)C(C)(C)C2)cc1. The highest BCUT2D eigenvalue weighted by Crippen LogP contribution is 2.28. The Balaban J connectivity index is 1.82. The maximum Gasteiger partial charge on any atom is 0.222 e. The van der Waals surface area contributed by atoms with Crippen LogP contribution >= 0.6 is 0 Å². The predicted octanol–water partition coefficient (Wildman–Crippen LogP) is 2.99. The fourth-order valence-corrected chi connectivity index (χ4v) is 2.97. The van der Waals surface area contributed by atoms with Crippen molar-refractivity contribution in [1.82, 2.24) is 4.90 Å². The molecule has 4 nitrogen and oxygen atoms in total. The van der Waals surface area contributed by atoms with Crippen LogP contribution < -0.4 is 10.5 Å². The topological polar surface area (TPSA) is 55.6 Å². The number of benzene rings is 1. The van der Waals surface area contributed by atoms with Gasteiger partial charge in [-0.05, 0) is 42.4 Å². The number of ether oxygens (including phenoxy) is 1. The van der Waals surface area contributed by atoms with Gasteiger partial charge in [-0.1, -0.05) is 32.9 Å². The number of aryl methyl sites for hydroxylation is 1. The van der Waals surface area contributed by atoms with Gasteiger partial charge in [0, 0.05) is 25.6 Å². The van der Waals surface area contributed by atoms with Gasteiger partial charge in [0.25, 0.3) is 0 Å². The van der Waals surface area contributed by atoms with Crippen LogP contribution in [0.3, 0.4) is 0 Å². The maximum absolute atomic E-state index is 12.4. The smallest absolute Gasteiger partial charge is 0.222 e. The molecule has 1 aromatic carbocycles. The van der Waals surface area contributed by atoms with E-state index in [1.54, 1.807) is 0 Å². The van der Waals surface area contributed by atoms with Crippen LogP contribution in [0, 0.1) is 5.41 Å². The number of rotatable bonds is 6. The molecule has 0 spiro atoms. The molecule has 1 atom stereocenters. The molecule has 0 bridgehead atoms. The van der Waals surface area contributed by atoms with E-state index in [1.165, 1.54) is 5.56 Å². The Labute approximate surface area is 140 Å². The largest absolute Gasteiger partial charge is 0.494 e. The lowest BCUT2D eigenvalue weighted by atomic mass is 9.79. The number of piperidine rings is 1. The van der Waals surface area contributed by atoms with E-state index in [4.69, 9.17) is 10.5 Å². The lowest BCUT2D eigenvalue weighted by molar-refractivity contribution is -0.134. The lowest BCUT2D eigenvalue weighted by Crippen LogP contribution is -2.54. The zero-order valence-electron chi connectivity index (χ0n) is 14.7. The molecule has 1 aromatic rings. The number of hydrogen-bond acceptors (Lipinski definition) is 3. The third-order valence-corrected chi connectivity index (χ3v) is 4.69. The van der Waals surface area contributed by atoms with Crippen molar-refractivity contribution in [3.8, 4) is 5.75 Å². The zero-order valence-corrected chi connectivity index (χ0v) is 14.7. The molecule has 0 aliphatic carbocycles. The van der Waals surface area contributed by atoms with Crippen LogP contribution in [0.1, 0.15) is 45.6 Å². The molecule has 4 heteroatoms. The summed E-state index contributed by atoms with van der Waals surface area (Å²) in [6, 6.07) is 8.25. The van der Waals surface area contributed by atoms with E-state index in [-0.39, 0.29) is 17.4 Å². The van der Waals surface area contributed by atoms with Gasteiger partial charge in [-0.2, -0.15) is 0 Å². The first-order valence-electron chi connectivity index (χ1n) is 8.67. The number of carbonyl (C=O) groups is 1. The third kappa shape index (κ3) is 4.96. The highest BCUT2D eigenvalue weighted by Gasteiger charge is 2.34. The van der Waals surface area contributed by atoms with Gasteiger partial charge in [0.05, 0.1) is 6.61 Å². The number of amides is 1. The molecule has 1 heterocycles. The Morgan fingerprint density at radius 2 is 2.04 bits per heavy atom. The van der Waals surface area contributed by atoms with Crippen LogP contribution in [0.5, 0.6) is 5.75 Å². The van der Waals surface area contributed by atoms with Crippen LogP contribution in [0.4, 0.5) is 0 Å². The van der Waals surface area contributed by atoms with Crippen LogP contribution in [-0.4, -0.2) is 36.5 Å². The maximum atomic E-state index is 12.4. The minimum absolute atomic E-state index is 0.00613. The number of nitrogens with two attached hydrogens (primary N) is 1. The summed E-state index contributed by atoms with van der Waals surface area (Å²) in [5.74, 6) is 1.13. The zero-order chi connectivity index (χ0) is 16.9. The molecule has 1 saturated heterocycles. The van der Waals surface area contributed by atoms with Gasteiger partial charge in [0.2, 0.25) is 5.91 Å². The summed E-state index contributed by atoms with van der Waals surface area (Å²) in [6.45, 7) is 8.67. The Morgan fingerprint density at radius 3 is 2.65 bits per heavy atom. The van der Waals surface area contributed by atoms with E-state index in [1.807, 2.05) is 29.2 Å². The Morgan fingerprint density at radius 1 is 1.35 bits per heavy atom. The molecule has 1 fully saturated rings. The predicted molar refractivity (Wildman–Crippen MR) is 93.5 cm³/mol.